The van der Waals surface area contributed by atoms with Crippen LogP contribution in [-0.2, 0) is 14.8 Å². The fourth-order valence-corrected chi connectivity index (χ4v) is 3.59. The topological polar surface area (TPSA) is 75.3 Å². The second-order valence-electron chi connectivity index (χ2n) is 4.66. The normalized spacial score (nSPS) is 23.9. The summed E-state index contributed by atoms with van der Waals surface area (Å²) in [6, 6.07) is 7.89. The number of hydrogen-bond acceptors (Lipinski definition) is 3. The lowest BCUT2D eigenvalue weighted by Crippen LogP contribution is -2.54. The van der Waals surface area contributed by atoms with Crippen molar-refractivity contribution in [1.82, 2.24) is 10.0 Å². The van der Waals surface area contributed by atoms with Gasteiger partial charge in [-0.1, -0.05) is 25.1 Å². The van der Waals surface area contributed by atoms with Crippen molar-refractivity contribution >= 4 is 15.9 Å². The molecule has 0 spiro atoms. The van der Waals surface area contributed by atoms with Crippen LogP contribution in [0.1, 0.15) is 26.2 Å². The molecule has 1 aliphatic rings. The molecule has 19 heavy (non-hydrogen) atoms. The minimum absolute atomic E-state index is 0.0120. The van der Waals surface area contributed by atoms with Gasteiger partial charge in [-0.05, 0) is 25.0 Å². The molecule has 0 unspecified atom stereocenters. The van der Waals surface area contributed by atoms with Gasteiger partial charge in [-0.3, -0.25) is 4.79 Å². The second-order valence-corrected chi connectivity index (χ2v) is 6.38. The van der Waals surface area contributed by atoms with Gasteiger partial charge in [-0.25, -0.2) is 13.1 Å². The summed E-state index contributed by atoms with van der Waals surface area (Å²) < 4.78 is 27.1. The van der Waals surface area contributed by atoms with Crippen LogP contribution in [0.5, 0.6) is 0 Å². The van der Waals surface area contributed by atoms with E-state index in [4.69, 9.17) is 0 Å². The van der Waals surface area contributed by atoms with E-state index in [1.54, 1.807) is 30.3 Å². The lowest BCUT2D eigenvalue weighted by molar-refractivity contribution is -0.123. The molecule has 0 saturated carbocycles. The number of amides is 1. The molecule has 2 atom stereocenters. The maximum atomic E-state index is 12.2. The molecule has 1 aromatic rings. The summed E-state index contributed by atoms with van der Waals surface area (Å²) in [6.07, 6.45) is 1.60. The summed E-state index contributed by atoms with van der Waals surface area (Å²) in [5.41, 5.74) is 0. The minimum Gasteiger partial charge on any atom is -0.352 e. The number of rotatable bonds is 4. The van der Waals surface area contributed by atoms with Crippen LogP contribution in [0.4, 0.5) is 0 Å². The van der Waals surface area contributed by atoms with Gasteiger partial charge in [0.15, 0.2) is 0 Å². The Hall–Kier alpha value is -1.40. The van der Waals surface area contributed by atoms with Gasteiger partial charge in [-0.2, -0.15) is 0 Å². The van der Waals surface area contributed by atoms with Gasteiger partial charge in [-0.15, -0.1) is 0 Å². The molecular formula is C13H18N2O3S. The molecule has 0 aliphatic carbocycles. The number of piperidine rings is 1. The Morgan fingerprint density at radius 1 is 1.32 bits per heavy atom. The van der Waals surface area contributed by atoms with Crippen molar-refractivity contribution in [2.75, 3.05) is 0 Å². The van der Waals surface area contributed by atoms with Gasteiger partial charge in [0.25, 0.3) is 0 Å². The van der Waals surface area contributed by atoms with Gasteiger partial charge in [0.1, 0.15) is 0 Å². The SMILES string of the molecule is CC[C@@H]1NC(=O)CC[C@H]1NS(=O)(=O)c1ccccc1. The van der Waals surface area contributed by atoms with Gasteiger partial charge < -0.3 is 5.32 Å². The predicted octanol–water partition coefficient (Wildman–Crippen LogP) is 1.02. The Kier molecular flexibility index (Phi) is 4.21. The van der Waals surface area contributed by atoms with Gasteiger partial charge in [0.2, 0.25) is 15.9 Å². The highest BCUT2D eigenvalue weighted by Gasteiger charge is 2.30. The monoisotopic (exact) mass is 282 g/mol. The molecule has 1 aliphatic heterocycles. The first kappa shape index (κ1) is 14.0. The Morgan fingerprint density at radius 2 is 2.00 bits per heavy atom. The molecule has 1 aromatic carbocycles. The van der Waals surface area contributed by atoms with Crippen molar-refractivity contribution in [3.05, 3.63) is 30.3 Å². The molecule has 1 saturated heterocycles. The van der Waals surface area contributed by atoms with Gasteiger partial charge >= 0.3 is 0 Å². The predicted molar refractivity (Wildman–Crippen MR) is 72.0 cm³/mol. The van der Waals surface area contributed by atoms with E-state index >= 15 is 0 Å². The number of carbonyl (C=O) groups is 1. The van der Waals surface area contributed by atoms with Crippen LogP contribution in [0, 0.1) is 0 Å². The molecule has 5 nitrogen and oxygen atoms in total. The fourth-order valence-electron chi connectivity index (χ4n) is 2.26. The third-order valence-electron chi connectivity index (χ3n) is 3.31. The van der Waals surface area contributed by atoms with Crippen LogP contribution in [0.3, 0.4) is 0 Å². The summed E-state index contributed by atoms with van der Waals surface area (Å²) in [5, 5.41) is 2.82. The van der Waals surface area contributed by atoms with Crippen LogP contribution < -0.4 is 10.0 Å². The molecule has 0 bridgehead atoms. The molecular weight excluding hydrogens is 264 g/mol. The van der Waals surface area contributed by atoms with Crippen LogP contribution in [0.25, 0.3) is 0 Å². The van der Waals surface area contributed by atoms with E-state index < -0.39 is 10.0 Å². The molecule has 6 heteroatoms. The van der Waals surface area contributed by atoms with Crippen molar-refractivity contribution in [2.24, 2.45) is 0 Å². The van der Waals surface area contributed by atoms with E-state index in [1.807, 2.05) is 6.92 Å². The van der Waals surface area contributed by atoms with Crippen molar-refractivity contribution in [3.8, 4) is 0 Å². The summed E-state index contributed by atoms with van der Waals surface area (Å²) >= 11 is 0. The van der Waals surface area contributed by atoms with Crippen molar-refractivity contribution in [3.63, 3.8) is 0 Å². The molecule has 1 heterocycles. The molecule has 2 N–H and O–H groups in total. The lowest BCUT2D eigenvalue weighted by atomic mass is 9.97. The van der Waals surface area contributed by atoms with Crippen LogP contribution in [0.15, 0.2) is 35.2 Å². The Balaban J connectivity index is 2.14. The maximum Gasteiger partial charge on any atom is 0.240 e. The van der Waals surface area contributed by atoms with Gasteiger partial charge in [0.05, 0.1) is 4.90 Å². The first-order chi connectivity index (χ1) is 9.03. The van der Waals surface area contributed by atoms with Crippen LogP contribution in [0.2, 0.25) is 0 Å². The van der Waals surface area contributed by atoms with Crippen molar-refractivity contribution in [1.29, 1.82) is 0 Å². The standard InChI is InChI=1S/C13H18N2O3S/c1-2-11-12(8-9-13(16)14-11)15-19(17,18)10-6-4-3-5-7-10/h3-7,11-12,15H,2,8-9H2,1H3,(H,14,16)/t11-,12+/m0/s1. The molecule has 104 valence electrons. The Morgan fingerprint density at radius 3 is 2.63 bits per heavy atom. The zero-order chi connectivity index (χ0) is 13.9. The van der Waals surface area contributed by atoms with E-state index in [2.05, 4.69) is 10.0 Å². The number of nitrogens with one attached hydrogen (secondary N) is 2. The molecule has 0 aromatic heterocycles. The maximum absolute atomic E-state index is 12.2. The largest absolute Gasteiger partial charge is 0.352 e. The quantitative estimate of drug-likeness (QED) is 0.866. The van der Waals surface area contributed by atoms with E-state index in [0.29, 0.717) is 19.3 Å². The average Bonchev–Trinajstić information content (AvgIpc) is 2.41. The zero-order valence-corrected chi connectivity index (χ0v) is 11.6. The number of hydrogen-bond donors (Lipinski definition) is 2. The molecule has 0 radical (unpaired) electrons. The lowest BCUT2D eigenvalue weighted by Gasteiger charge is -2.31. The van der Waals surface area contributed by atoms with E-state index in [9.17, 15) is 13.2 Å². The average molecular weight is 282 g/mol. The molecule has 1 amide bonds. The number of carbonyl (C=O) groups excluding carboxylic acids is 1. The number of benzene rings is 1. The van der Waals surface area contributed by atoms with Crippen molar-refractivity contribution < 1.29 is 13.2 Å². The first-order valence-electron chi connectivity index (χ1n) is 6.39. The Labute approximate surface area is 113 Å². The van der Waals surface area contributed by atoms with E-state index in [-0.39, 0.29) is 22.9 Å². The highest BCUT2D eigenvalue weighted by Crippen LogP contribution is 2.16. The Bertz CT molecular complexity index is 542. The first-order valence-corrected chi connectivity index (χ1v) is 7.88. The number of sulfonamides is 1. The zero-order valence-electron chi connectivity index (χ0n) is 10.8. The minimum atomic E-state index is -3.52. The third-order valence-corrected chi connectivity index (χ3v) is 4.82. The summed E-state index contributed by atoms with van der Waals surface area (Å²) in [5.74, 6) is -0.0120. The van der Waals surface area contributed by atoms with Crippen molar-refractivity contribution in [2.45, 2.75) is 43.2 Å². The highest BCUT2D eigenvalue weighted by atomic mass is 32.2. The van der Waals surface area contributed by atoms with E-state index in [0.717, 1.165) is 0 Å². The molecule has 1 fully saturated rings. The smallest absolute Gasteiger partial charge is 0.240 e. The summed E-state index contributed by atoms with van der Waals surface area (Å²) in [7, 11) is -3.52. The summed E-state index contributed by atoms with van der Waals surface area (Å²) in [4.78, 5) is 11.6. The van der Waals surface area contributed by atoms with Crippen LogP contribution >= 0.6 is 0 Å². The van der Waals surface area contributed by atoms with E-state index in [1.165, 1.54) is 0 Å². The highest BCUT2D eigenvalue weighted by molar-refractivity contribution is 7.89. The van der Waals surface area contributed by atoms with Gasteiger partial charge in [0, 0.05) is 18.5 Å². The summed E-state index contributed by atoms with van der Waals surface area (Å²) in [6.45, 7) is 1.93. The second kappa shape index (κ2) is 5.71. The molecule has 2 rings (SSSR count). The van der Waals surface area contributed by atoms with Crippen LogP contribution in [-0.4, -0.2) is 26.4 Å². The fraction of sp³-hybridized carbons (Fsp3) is 0.462. The third kappa shape index (κ3) is 3.33.